The van der Waals surface area contributed by atoms with Gasteiger partial charge in [0.15, 0.2) is 19.2 Å². The van der Waals surface area contributed by atoms with Crippen LogP contribution in [0.15, 0.2) is 29.0 Å². The molecule has 0 aliphatic carbocycles. The molecule has 4 rings (SSSR count). The van der Waals surface area contributed by atoms with Crippen LogP contribution >= 0.6 is 15.9 Å². The topological polar surface area (TPSA) is 75.2 Å². The lowest BCUT2D eigenvalue weighted by Gasteiger charge is -2.31. The summed E-state index contributed by atoms with van der Waals surface area (Å²) in [6, 6.07) is 5.15. The van der Waals surface area contributed by atoms with Crippen molar-refractivity contribution in [3.63, 3.8) is 0 Å². The SMILES string of the molecule is BC1Oc2ccc(F)c(C(B)(B)Nc3ncc(Br)c4nc(C#N)cn34)c2C1B. The first-order valence-electron chi connectivity index (χ1n) is 8.94. The maximum absolute atomic E-state index is 15.0. The third kappa shape index (κ3) is 2.89. The van der Waals surface area contributed by atoms with Crippen molar-refractivity contribution in [3.05, 3.63) is 51.6 Å². The van der Waals surface area contributed by atoms with Crippen LogP contribution in [0.1, 0.15) is 22.6 Å². The highest BCUT2D eigenvalue weighted by Gasteiger charge is 2.37. The van der Waals surface area contributed by atoms with Gasteiger partial charge in [0.1, 0.15) is 41.2 Å². The van der Waals surface area contributed by atoms with Crippen LogP contribution in [0.2, 0.25) is 0 Å². The average Bonchev–Trinajstić information content (AvgIpc) is 3.20. The molecule has 2 unspecified atom stereocenters. The Kier molecular flexibility index (Phi) is 4.46. The van der Waals surface area contributed by atoms with E-state index in [2.05, 4.69) is 31.2 Å². The van der Waals surface area contributed by atoms with Crippen molar-refractivity contribution in [1.29, 1.82) is 5.26 Å². The smallest absolute Gasteiger partial charge is 0.208 e. The van der Waals surface area contributed by atoms with E-state index in [1.54, 1.807) is 22.9 Å². The minimum Gasteiger partial charge on any atom is -0.500 e. The second-order valence-corrected chi connectivity index (χ2v) is 8.41. The van der Waals surface area contributed by atoms with Gasteiger partial charge in [-0.2, -0.15) is 5.26 Å². The lowest BCUT2D eigenvalue weighted by molar-refractivity contribution is 0.311. The molecule has 0 saturated heterocycles. The third-order valence-corrected chi connectivity index (χ3v) is 5.80. The summed E-state index contributed by atoms with van der Waals surface area (Å²) in [7, 11) is 7.83. The van der Waals surface area contributed by atoms with Crippen LogP contribution in [0.25, 0.3) is 5.65 Å². The van der Waals surface area contributed by atoms with Crippen LogP contribution in [0, 0.1) is 17.1 Å². The summed E-state index contributed by atoms with van der Waals surface area (Å²) in [6.07, 6.45) is 3.21. The first kappa shape index (κ1) is 18.9. The Bertz CT molecular complexity index is 1150. The molecule has 6 nitrogen and oxygen atoms in total. The average molecular weight is 435 g/mol. The Morgan fingerprint density at radius 3 is 2.82 bits per heavy atom. The zero-order valence-electron chi connectivity index (χ0n) is 15.9. The molecule has 3 heterocycles. The lowest BCUT2D eigenvalue weighted by atomic mass is 9.55. The fourth-order valence-electron chi connectivity index (χ4n) is 3.74. The van der Waals surface area contributed by atoms with Gasteiger partial charge in [-0.25, -0.2) is 14.4 Å². The molecule has 28 heavy (non-hydrogen) atoms. The van der Waals surface area contributed by atoms with E-state index in [1.807, 2.05) is 37.5 Å². The van der Waals surface area contributed by atoms with Crippen LogP contribution < -0.4 is 10.1 Å². The molecule has 136 valence electrons. The highest BCUT2D eigenvalue weighted by molar-refractivity contribution is 9.10. The van der Waals surface area contributed by atoms with Crippen LogP contribution in [0.5, 0.6) is 5.75 Å². The zero-order valence-corrected chi connectivity index (χ0v) is 17.5. The number of nitrogens with zero attached hydrogens (tertiary/aromatic N) is 4. The van der Waals surface area contributed by atoms with Gasteiger partial charge in [-0.1, -0.05) is 0 Å². The normalized spacial score (nSPS) is 18.5. The Morgan fingerprint density at radius 2 is 2.11 bits per heavy atom. The number of nitriles is 1. The highest BCUT2D eigenvalue weighted by Crippen LogP contribution is 2.42. The minimum atomic E-state index is -0.790. The Hall–Kier alpha value is -2.40. The molecular formula is C16H15B4BrFN5O. The largest absolute Gasteiger partial charge is 0.500 e. The van der Waals surface area contributed by atoms with Gasteiger partial charge in [0, 0.05) is 17.1 Å². The van der Waals surface area contributed by atoms with Crippen molar-refractivity contribution in [2.75, 3.05) is 5.32 Å². The monoisotopic (exact) mass is 435 g/mol. The van der Waals surface area contributed by atoms with Gasteiger partial charge in [0.2, 0.25) is 5.95 Å². The van der Waals surface area contributed by atoms with Gasteiger partial charge in [-0.15, -0.1) is 0 Å². The van der Waals surface area contributed by atoms with Gasteiger partial charge in [0.25, 0.3) is 0 Å². The van der Waals surface area contributed by atoms with E-state index >= 15 is 0 Å². The number of ether oxygens (including phenoxy) is 1. The molecule has 0 amide bonds. The highest BCUT2D eigenvalue weighted by atomic mass is 79.9. The molecule has 0 spiro atoms. The van der Waals surface area contributed by atoms with Crippen molar-refractivity contribution in [1.82, 2.24) is 14.4 Å². The Labute approximate surface area is 173 Å². The Balaban J connectivity index is 1.83. The first-order chi connectivity index (χ1) is 13.2. The number of hydrogen-bond donors (Lipinski definition) is 1. The number of halogens is 2. The van der Waals surface area contributed by atoms with E-state index < -0.39 is 5.34 Å². The fourth-order valence-corrected chi connectivity index (χ4v) is 4.12. The minimum absolute atomic E-state index is 0.0179. The number of nitrogens with one attached hydrogen (secondary N) is 1. The predicted molar refractivity (Wildman–Crippen MR) is 118 cm³/mol. The molecule has 1 aliphatic heterocycles. The van der Waals surface area contributed by atoms with Gasteiger partial charge >= 0.3 is 0 Å². The van der Waals surface area contributed by atoms with Crippen molar-refractivity contribution in [3.8, 4) is 11.8 Å². The molecular weight excluding hydrogens is 420 g/mol. The van der Waals surface area contributed by atoms with Gasteiger partial charge < -0.3 is 10.1 Å². The van der Waals surface area contributed by atoms with E-state index in [-0.39, 0.29) is 23.3 Å². The number of fused-ring (bicyclic) bond motifs is 2. The van der Waals surface area contributed by atoms with Crippen molar-refractivity contribution in [2.45, 2.75) is 17.2 Å². The summed E-state index contributed by atoms with van der Waals surface area (Å²) in [5, 5.41) is 11.7. The van der Waals surface area contributed by atoms with E-state index in [0.717, 1.165) is 11.3 Å². The molecule has 0 bridgehead atoms. The Morgan fingerprint density at radius 1 is 1.36 bits per heavy atom. The van der Waals surface area contributed by atoms with Crippen molar-refractivity contribution < 1.29 is 9.13 Å². The van der Waals surface area contributed by atoms with E-state index in [0.29, 0.717) is 21.6 Å². The van der Waals surface area contributed by atoms with E-state index in [1.165, 1.54) is 6.07 Å². The number of imidazole rings is 1. The summed E-state index contributed by atoms with van der Waals surface area (Å²) in [6.45, 7) is 0. The molecule has 1 aromatic carbocycles. The first-order valence-corrected chi connectivity index (χ1v) is 9.73. The molecule has 0 radical (unpaired) electrons. The molecule has 1 aliphatic rings. The third-order valence-electron chi connectivity index (χ3n) is 5.24. The summed E-state index contributed by atoms with van der Waals surface area (Å²) in [4.78, 5) is 8.70. The number of aromatic nitrogens is 3. The summed E-state index contributed by atoms with van der Waals surface area (Å²) in [5.41, 5.74) is 2.27. The van der Waals surface area contributed by atoms with Crippen LogP contribution in [-0.4, -0.2) is 51.8 Å². The predicted octanol–water partition coefficient (Wildman–Crippen LogP) is -0.983. The summed E-state index contributed by atoms with van der Waals surface area (Å²) < 4.78 is 23.2. The fraction of sp³-hybridized carbons (Fsp3) is 0.188. The molecule has 3 aromatic rings. The lowest BCUT2D eigenvalue weighted by Crippen LogP contribution is -2.40. The maximum Gasteiger partial charge on any atom is 0.208 e. The summed E-state index contributed by atoms with van der Waals surface area (Å²) in [5.74, 6) is 0.957. The quantitative estimate of drug-likeness (QED) is 0.536. The number of rotatable bonds is 3. The summed E-state index contributed by atoms with van der Waals surface area (Å²) >= 11 is 3.41. The van der Waals surface area contributed by atoms with Crippen molar-refractivity contribution in [2.24, 2.45) is 0 Å². The standard InChI is InChI=1S/C16H15B4BrFN5O/c17-12-10-9(28-13(12)18)2-1-8(22)11(10)16(19,20)26-15-24-4-7(21)14-25-6(3-23)5-27(14)15/h1-2,4-5,12-13H,17-20H2,(H,24,26). The van der Waals surface area contributed by atoms with Crippen LogP contribution in [0.3, 0.4) is 0 Å². The number of anilines is 1. The molecule has 2 atom stereocenters. The van der Waals surface area contributed by atoms with Gasteiger partial charge in [0.05, 0.1) is 16.7 Å². The van der Waals surface area contributed by atoms with E-state index in [4.69, 9.17) is 4.74 Å². The molecule has 2 aromatic heterocycles. The van der Waals surface area contributed by atoms with Crippen LogP contribution in [-0.2, 0) is 5.34 Å². The maximum atomic E-state index is 15.0. The van der Waals surface area contributed by atoms with E-state index in [9.17, 15) is 9.65 Å². The molecule has 12 heteroatoms. The second-order valence-electron chi connectivity index (χ2n) is 7.56. The number of hydrogen-bond acceptors (Lipinski definition) is 5. The van der Waals surface area contributed by atoms with Gasteiger partial charge in [-0.05, 0) is 39.4 Å². The van der Waals surface area contributed by atoms with Gasteiger partial charge in [-0.3, -0.25) is 4.40 Å². The van der Waals surface area contributed by atoms with Crippen molar-refractivity contribution >= 4 is 58.9 Å². The molecule has 0 saturated carbocycles. The zero-order chi connectivity index (χ0) is 20.2. The van der Waals surface area contributed by atoms with Crippen LogP contribution in [0.4, 0.5) is 10.3 Å². The number of benzene rings is 1. The molecule has 0 fully saturated rings. The molecule has 1 N–H and O–H groups in total. The second kappa shape index (κ2) is 6.59.